The fourth-order valence-electron chi connectivity index (χ4n) is 2.54. The molecule has 0 fully saturated rings. The summed E-state index contributed by atoms with van der Waals surface area (Å²) < 4.78 is 13.4. The van der Waals surface area contributed by atoms with Gasteiger partial charge in [0.15, 0.2) is 0 Å². The van der Waals surface area contributed by atoms with Gasteiger partial charge in [-0.15, -0.1) is 0 Å². The third kappa shape index (κ3) is 2.94. The average Bonchev–Trinajstić information content (AvgIpc) is 2.92. The fourth-order valence-corrected chi connectivity index (χ4v) is 3.16. The second-order valence-electron chi connectivity index (χ2n) is 5.02. The molecule has 2 aromatic rings. The summed E-state index contributed by atoms with van der Waals surface area (Å²) in [6, 6.07) is 12.2. The van der Waals surface area contributed by atoms with Gasteiger partial charge in [0.2, 0.25) is 0 Å². The summed E-state index contributed by atoms with van der Waals surface area (Å²) in [4.78, 5) is 0. The van der Waals surface area contributed by atoms with Crippen molar-refractivity contribution in [3.8, 4) is 0 Å². The van der Waals surface area contributed by atoms with E-state index in [1.54, 1.807) is 41.6 Å². The van der Waals surface area contributed by atoms with E-state index in [1.165, 1.54) is 0 Å². The van der Waals surface area contributed by atoms with Crippen LogP contribution in [0, 0.1) is 5.92 Å². The Labute approximate surface area is 143 Å². The Kier molecular flexibility index (Phi) is 4.57. The van der Waals surface area contributed by atoms with Crippen molar-refractivity contribution >= 4 is 46.7 Å². The molecule has 2 nitrogen and oxygen atoms in total. The van der Waals surface area contributed by atoms with Gasteiger partial charge in [0.25, 0.3) is 0 Å². The van der Waals surface area contributed by atoms with Crippen LogP contribution in [-0.4, -0.2) is 12.9 Å². The molecule has 114 valence electrons. The molecule has 2 aromatic carbocycles. The van der Waals surface area contributed by atoms with Gasteiger partial charge < -0.3 is 0 Å². The zero-order valence-electron chi connectivity index (χ0n) is 11.4. The molecule has 0 aliphatic carbocycles. The Morgan fingerprint density at radius 1 is 1.00 bits per heavy atom. The second-order valence-corrected chi connectivity index (χ2v) is 6.30. The molecule has 0 saturated heterocycles. The van der Waals surface area contributed by atoms with Crippen molar-refractivity contribution in [1.82, 2.24) is 0 Å². The lowest BCUT2D eigenvalue weighted by Crippen LogP contribution is -2.25. The number of rotatable bonds is 3. The summed E-state index contributed by atoms with van der Waals surface area (Å²) in [5.41, 5.74) is 1.62. The van der Waals surface area contributed by atoms with E-state index in [4.69, 9.17) is 34.8 Å². The van der Waals surface area contributed by atoms with Crippen LogP contribution in [0.4, 0.5) is 10.1 Å². The zero-order valence-corrected chi connectivity index (χ0v) is 13.7. The number of alkyl halides is 1. The van der Waals surface area contributed by atoms with Crippen molar-refractivity contribution in [2.24, 2.45) is 11.0 Å². The highest BCUT2D eigenvalue weighted by Crippen LogP contribution is 2.40. The summed E-state index contributed by atoms with van der Waals surface area (Å²) in [6.45, 7) is -0.501. The van der Waals surface area contributed by atoms with Crippen molar-refractivity contribution in [2.45, 2.75) is 6.04 Å². The topological polar surface area (TPSA) is 15.6 Å². The minimum atomic E-state index is -0.501. The molecule has 6 heteroatoms. The van der Waals surface area contributed by atoms with Gasteiger partial charge in [-0.3, -0.25) is 9.40 Å². The van der Waals surface area contributed by atoms with Crippen LogP contribution in [0.15, 0.2) is 47.6 Å². The molecule has 0 N–H and O–H groups in total. The zero-order chi connectivity index (χ0) is 15.7. The molecule has 1 aliphatic rings. The van der Waals surface area contributed by atoms with E-state index < -0.39 is 6.67 Å². The standard InChI is InChI=1S/C16H12Cl3FN2/c17-12-3-1-10(2-4-12)16-11(8-20)9-21-22(16)15-6-5-13(18)7-14(15)19/h1-7,9,11,16H,8H2. The highest BCUT2D eigenvalue weighted by Gasteiger charge is 2.34. The number of anilines is 1. The van der Waals surface area contributed by atoms with Gasteiger partial charge in [-0.25, -0.2) is 0 Å². The second kappa shape index (κ2) is 6.45. The third-order valence-corrected chi connectivity index (χ3v) is 4.39. The van der Waals surface area contributed by atoms with Crippen LogP contribution in [0.2, 0.25) is 15.1 Å². The molecule has 1 aliphatic heterocycles. The van der Waals surface area contributed by atoms with Gasteiger partial charge in [-0.2, -0.15) is 5.10 Å². The summed E-state index contributed by atoms with van der Waals surface area (Å²) >= 11 is 18.1. The number of hydrogen-bond acceptors (Lipinski definition) is 2. The molecule has 0 amide bonds. The average molecular weight is 358 g/mol. The van der Waals surface area contributed by atoms with Crippen LogP contribution in [0.3, 0.4) is 0 Å². The lowest BCUT2D eigenvalue weighted by atomic mass is 9.95. The van der Waals surface area contributed by atoms with Crippen LogP contribution in [-0.2, 0) is 0 Å². The smallest absolute Gasteiger partial charge is 0.0996 e. The molecule has 2 atom stereocenters. The number of halogens is 4. The van der Waals surface area contributed by atoms with Crippen molar-refractivity contribution in [1.29, 1.82) is 0 Å². The monoisotopic (exact) mass is 356 g/mol. The van der Waals surface area contributed by atoms with Gasteiger partial charge in [0.05, 0.1) is 29.3 Å². The minimum absolute atomic E-state index is 0.263. The van der Waals surface area contributed by atoms with Gasteiger partial charge in [0.1, 0.15) is 0 Å². The Bertz CT molecular complexity index is 703. The Morgan fingerprint density at radius 3 is 2.32 bits per heavy atom. The molecule has 0 bridgehead atoms. The highest BCUT2D eigenvalue weighted by molar-refractivity contribution is 6.36. The Morgan fingerprint density at radius 2 is 1.68 bits per heavy atom. The first-order valence-corrected chi connectivity index (χ1v) is 7.83. The van der Waals surface area contributed by atoms with Crippen molar-refractivity contribution in [3.05, 3.63) is 63.1 Å². The van der Waals surface area contributed by atoms with Crippen molar-refractivity contribution in [3.63, 3.8) is 0 Å². The molecule has 3 rings (SSSR count). The van der Waals surface area contributed by atoms with Crippen LogP contribution in [0.1, 0.15) is 11.6 Å². The maximum atomic E-state index is 13.4. The van der Waals surface area contributed by atoms with Crippen LogP contribution < -0.4 is 5.01 Å². The molecule has 0 aromatic heterocycles. The van der Waals surface area contributed by atoms with E-state index >= 15 is 0 Å². The third-order valence-electron chi connectivity index (χ3n) is 3.60. The summed E-state index contributed by atoms with van der Waals surface area (Å²) in [7, 11) is 0. The van der Waals surface area contributed by atoms with E-state index in [0.29, 0.717) is 20.8 Å². The Balaban J connectivity index is 2.02. The predicted molar refractivity (Wildman–Crippen MR) is 91.1 cm³/mol. The number of hydrogen-bond donors (Lipinski definition) is 0. The highest BCUT2D eigenvalue weighted by atomic mass is 35.5. The summed E-state index contributed by atoms with van der Waals surface area (Å²) in [6.07, 6.45) is 1.62. The largest absolute Gasteiger partial charge is 0.256 e. The maximum absolute atomic E-state index is 13.4. The lowest BCUT2D eigenvalue weighted by molar-refractivity contribution is 0.394. The molecular formula is C16H12Cl3FN2. The molecule has 0 saturated carbocycles. The maximum Gasteiger partial charge on any atom is 0.0996 e. The molecule has 0 radical (unpaired) electrons. The fraction of sp³-hybridized carbons (Fsp3) is 0.188. The van der Waals surface area contributed by atoms with E-state index in [9.17, 15) is 4.39 Å². The van der Waals surface area contributed by atoms with Crippen LogP contribution >= 0.6 is 34.8 Å². The molecule has 1 heterocycles. The van der Waals surface area contributed by atoms with E-state index in [0.717, 1.165) is 5.56 Å². The number of hydrazone groups is 1. The Hall–Kier alpha value is -1.29. The van der Waals surface area contributed by atoms with Crippen molar-refractivity contribution in [2.75, 3.05) is 11.7 Å². The van der Waals surface area contributed by atoms with Crippen LogP contribution in [0.5, 0.6) is 0 Å². The molecule has 2 unspecified atom stereocenters. The van der Waals surface area contributed by atoms with E-state index in [1.807, 2.05) is 12.1 Å². The first-order chi connectivity index (χ1) is 10.6. The van der Waals surface area contributed by atoms with Gasteiger partial charge in [-0.05, 0) is 35.9 Å². The van der Waals surface area contributed by atoms with E-state index in [2.05, 4.69) is 5.10 Å². The van der Waals surface area contributed by atoms with Crippen LogP contribution in [0.25, 0.3) is 0 Å². The van der Waals surface area contributed by atoms with E-state index in [-0.39, 0.29) is 12.0 Å². The van der Waals surface area contributed by atoms with Gasteiger partial charge in [0, 0.05) is 16.3 Å². The SMILES string of the molecule is FCC1C=NN(c2ccc(Cl)cc2Cl)C1c1ccc(Cl)cc1. The predicted octanol–water partition coefficient (Wildman–Crippen LogP) is 5.78. The number of nitrogens with zero attached hydrogens (tertiary/aromatic N) is 2. The minimum Gasteiger partial charge on any atom is -0.256 e. The van der Waals surface area contributed by atoms with Crippen molar-refractivity contribution < 1.29 is 4.39 Å². The molecule has 0 spiro atoms. The quantitative estimate of drug-likeness (QED) is 0.680. The normalized spacial score (nSPS) is 20.6. The first kappa shape index (κ1) is 15.6. The van der Waals surface area contributed by atoms with Gasteiger partial charge in [-0.1, -0.05) is 46.9 Å². The molecule has 22 heavy (non-hydrogen) atoms. The van der Waals surface area contributed by atoms with Gasteiger partial charge >= 0.3 is 0 Å². The summed E-state index contributed by atoms with van der Waals surface area (Å²) in [5, 5.41) is 7.72. The number of benzene rings is 2. The first-order valence-electron chi connectivity index (χ1n) is 6.70. The lowest BCUT2D eigenvalue weighted by Gasteiger charge is -2.28. The molecular weight excluding hydrogens is 346 g/mol. The summed E-state index contributed by atoms with van der Waals surface area (Å²) in [5.74, 6) is -0.340.